The predicted octanol–water partition coefficient (Wildman–Crippen LogP) is 2.83. The number of carbonyl (C=O) groups is 1. The van der Waals surface area contributed by atoms with E-state index in [1.807, 2.05) is 0 Å². The van der Waals surface area contributed by atoms with Gasteiger partial charge in [-0.1, -0.05) is 25.1 Å². The molecule has 0 fully saturated rings. The zero-order chi connectivity index (χ0) is 17.9. The smallest absolute Gasteiger partial charge is 0.267 e. The Hall–Kier alpha value is -2.87. The van der Waals surface area contributed by atoms with E-state index in [4.69, 9.17) is 0 Å². The number of rotatable bonds is 5. The highest BCUT2D eigenvalue weighted by Crippen LogP contribution is 2.32. The van der Waals surface area contributed by atoms with Crippen molar-refractivity contribution in [2.45, 2.75) is 23.1 Å². The van der Waals surface area contributed by atoms with Gasteiger partial charge < -0.3 is 0 Å². The van der Waals surface area contributed by atoms with Crippen LogP contribution in [-0.2, 0) is 16.3 Å². The molecule has 0 bridgehead atoms. The topological polar surface area (TPSA) is 107 Å². The molecule has 0 aliphatic rings. The molecule has 0 spiro atoms. The molecule has 0 aliphatic carbocycles. The van der Waals surface area contributed by atoms with Crippen LogP contribution in [0.5, 0.6) is 0 Å². The minimum Gasteiger partial charge on any atom is -0.267 e. The molecule has 8 heteroatoms. The Labute approximate surface area is 138 Å². The molecular weight excluding hydrogens is 332 g/mol. The normalized spacial score (nSPS) is 11.0. The summed E-state index contributed by atoms with van der Waals surface area (Å²) in [7, 11) is -4.10. The Morgan fingerprint density at radius 1 is 1.25 bits per heavy atom. The molecular formula is C16H14N2O5S. The van der Waals surface area contributed by atoms with Crippen LogP contribution >= 0.6 is 0 Å². The molecule has 0 N–H and O–H groups in total. The van der Waals surface area contributed by atoms with Crippen LogP contribution in [0, 0.1) is 10.1 Å². The minimum atomic E-state index is -4.10. The Morgan fingerprint density at radius 3 is 2.38 bits per heavy atom. The summed E-state index contributed by atoms with van der Waals surface area (Å²) in [5.41, 5.74) is -0.332. The zero-order valence-corrected chi connectivity index (χ0v) is 13.6. The Balaban J connectivity index is 2.81. The second-order valence-electron chi connectivity index (χ2n) is 4.87. The summed E-state index contributed by atoms with van der Waals surface area (Å²) >= 11 is 0. The highest BCUT2D eigenvalue weighted by atomic mass is 32.2. The number of sulfone groups is 1. The average molecular weight is 346 g/mol. The van der Waals surface area contributed by atoms with Crippen molar-refractivity contribution < 1.29 is 18.1 Å². The van der Waals surface area contributed by atoms with Crippen molar-refractivity contribution in [1.82, 2.24) is 0 Å². The van der Waals surface area contributed by atoms with E-state index >= 15 is 0 Å². The molecule has 24 heavy (non-hydrogen) atoms. The lowest BCUT2D eigenvalue weighted by Crippen LogP contribution is -2.10. The van der Waals surface area contributed by atoms with E-state index in [-0.39, 0.29) is 10.5 Å². The molecule has 2 aromatic rings. The SMILES string of the molecule is C=NC(=O)c1cc([N+](=O)[O-])c(S(=O)(=O)c2ccccc2)cc1CC. The highest BCUT2D eigenvalue weighted by molar-refractivity contribution is 7.91. The Morgan fingerprint density at radius 2 is 1.88 bits per heavy atom. The van der Waals surface area contributed by atoms with Crippen LogP contribution in [0.15, 0.2) is 57.2 Å². The fraction of sp³-hybridized carbons (Fsp3) is 0.125. The van der Waals surface area contributed by atoms with E-state index in [0.717, 1.165) is 6.07 Å². The standard InChI is InChI=1S/C16H14N2O5S/c1-3-11-9-15(24(22,23)12-7-5-4-6-8-12)14(18(20)21)10-13(11)16(19)17-2/h4-10H,2-3H2,1H3. The Bertz CT molecular complexity index is 921. The van der Waals surface area contributed by atoms with Crippen molar-refractivity contribution in [2.75, 3.05) is 0 Å². The van der Waals surface area contributed by atoms with Crippen LogP contribution in [0.1, 0.15) is 22.8 Å². The lowest BCUT2D eigenvalue weighted by atomic mass is 10.0. The quantitative estimate of drug-likeness (QED) is 0.470. The molecule has 0 aromatic heterocycles. The van der Waals surface area contributed by atoms with Gasteiger partial charge in [-0.25, -0.2) is 13.4 Å². The summed E-state index contributed by atoms with van der Waals surface area (Å²) in [6.07, 6.45) is 0.311. The number of benzene rings is 2. The van der Waals surface area contributed by atoms with Gasteiger partial charge in [-0.15, -0.1) is 0 Å². The summed E-state index contributed by atoms with van der Waals surface area (Å²) in [4.78, 5) is 25.1. The number of aliphatic imine (C=N–C) groups is 1. The molecule has 1 amide bonds. The van der Waals surface area contributed by atoms with Crippen molar-refractivity contribution in [1.29, 1.82) is 0 Å². The van der Waals surface area contributed by atoms with Gasteiger partial charge in [-0.05, 0) is 36.9 Å². The fourth-order valence-corrected chi connectivity index (χ4v) is 3.75. The van der Waals surface area contributed by atoms with E-state index in [2.05, 4.69) is 11.7 Å². The molecule has 0 radical (unpaired) electrons. The monoisotopic (exact) mass is 346 g/mol. The van der Waals surface area contributed by atoms with Crippen molar-refractivity contribution in [3.05, 3.63) is 63.7 Å². The summed E-state index contributed by atoms with van der Waals surface area (Å²) in [5.74, 6) is -0.737. The summed E-state index contributed by atoms with van der Waals surface area (Å²) in [6, 6.07) is 9.52. The first-order chi connectivity index (χ1) is 11.3. The van der Waals surface area contributed by atoms with E-state index in [0.29, 0.717) is 12.0 Å². The maximum atomic E-state index is 12.8. The molecule has 7 nitrogen and oxygen atoms in total. The zero-order valence-electron chi connectivity index (χ0n) is 12.8. The number of hydrogen-bond acceptors (Lipinski definition) is 5. The van der Waals surface area contributed by atoms with Crippen molar-refractivity contribution >= 4 is 28.1 Å². The third kappa shape index (κ3) is 3.09. The van der Waals surface area contributed by atoms with Crippen LogP contribution < -0.4 is 0 Å². The van der Waals surface area contributed by atoms with Gasteiger partial charge >= 0.3 is 0 Å². The van der Waals surface area contributed by atoms with E-state index < -0.39 is 31.3 Å². The summed E-state index contributed by atoms with van der Waals surface area (Å²) in [5, 5.41) is 11.3. The van der Waals surface area contributed by atoms with Gasteiger partial charge in [0.05, 0.1) is 15.4 Å². The molecule has 124 valence electrons. The van der Waals surface area contributed by atoms with Gasteiger partial charge in [0.15, 0.2) is 0 Å². The maximum Gasteiger partial charge on any atom is 0.289 e. The van der Waals surface area contributed by atoms with Gasteiger partial charge in [0, 0.05) is 6.07 Å². The number of nitro benzene ring substituents is 1. The highest BCUT2D eigenvalue weighted by Gasteiger charge is 2.30. The largest absolute Gasteiger partial charge is 0.289 e. The predicted molar refractivity (Wildman–Crippen MR) is 88.2 cm³/mol. The second kappa shape index (κ2) is 6.71. The number of nitro groups is 1. The van der Waals surface area contributed by atoms with Crippen molar-refractivity contribution in [3.63, 3.8) is 0 Å². The molecule has 2 aromatic carbocycles. The number of nitrogens with zero attached hydrogens (tertiary/aromatic N) is 2. The number of aryl methyl sites for hydroxylation is 1. The molecule has 0 unspecified atom stereocenters. The third-order valence-electron chi connectivity index (χ3n) is 3.48. The summed E-state index contributed by atoms with van der Waals surface area (Å²) in [6.45, 7) is 4.83. The van der Waals surface area contributed by atoms with Gasteiger partial charge in [0.25, 0.3) is 11.6 Å². The fourth-order valence-electron chi connectivity index (χ4n) is 2.27. The molecule has 0 saturated heterocycles. The third-order valence-corrected chi connectivity index (χ3v) is 5.28. The first kappa shape index (κ1) is 17.5. The first-order valence-electron chi connectivity index (χ1n) is 6.95. The van der Waals surface area contributed by atoms with Gasteiger partial charge in [-0.3, -0.25) is 14.9 Å². The van der Waals surface area contributed by atoms with Crippen molar-refractivity contribution in [2.24, 2.45) is 4.99 Å². The Kier molecular flexibility index (Phi) is 4.89. The van der Waals surface area contributed by atoms with Crippen LogP contribution in [0.2, 0.25) is 0 Å². The second-order valence-corrected chi connectivity index (χ2v) is 6.79. The van der Waals surface area contributed by atoms with E-state index in [9.17, 15) is 23.3 Å². The molecule has 0 heterocycles. The van der Waals surface area contributed by atoms with Gasteiger partial charge in [0.1, 0.15) is 4.90 Å². The van der Waals surface area contributed by atoms with Gasteiger partial charge in [-0.2, -0.15) is 0 Å². The number of carbonyl (C=O) groups excluding carboxylic acids is 1. The van der Waals surface area contributed by atoms with Crippen molar-refractivity contribution in [3.8, 4) is 0 Å². The van der Waals surface area contributed by atoms with Crippen LogP contribution in [-0.4, -0.2) is 26.0 Å². The minimum absolute atomic E-state index is 0.0220. The lowest BCUT2D eigenvalue weighted by Gasteiger charge is -2.10. The van der Waals surface area contributed by atoms with Crippen LogP contribution in [0.3, 0.4) is 0 Å². The van der Waals surface area contributed by atoms with Gasteiger partial charge in [0.2, 0.25) is 9.84 Å². The molecule has 0 saturated carbocycles. The maximum absolute atomic E-state index is 12.8. The summed E-state index contributed by atoms with van der Waals surface area (Å²) < 4.78 is 25.5. The van der Waals surface area contributed by atoms with E-state index in [1.54, 1.807) is 13.0 Å². The molecule has 0 atom stereocenters. The molecule has 2 rings (SSSR count). The lowest BCUT2D eigenvalue weighted by molar-refractivity contribution is -0.387. The van der Waals surface area contributed by atoms with E-state index in [1.165, 1.54) is 30.3 Å². The number of amides is 1. The van der Waals surface area contributed by atoms with Crippen LogP contribution in [0.25, 0.3) is 0 Å². The molecule has 0 aliphatic heterocycles. The van der Waals surface area contributed by atoms with Crippen LogP contribution in [0.4, 0.5) is 5.69 Å². The number of hydrogen-bond donors (Lipinski definition) is 0. The average Bonchev–Trinajstić information content (AvgIpc) is 2.60. The first-order valence-corrected chi connectivity index (χ1v) is 8.43.